The normalized spacial score (nSPS) is 13.7. The van der Waals surface area contributed by atoms with E-state index in [0.29, 0.717) is 5.69 Å². The molecule has 0 saturated heterocycles. The quantitative estimate of drug-likeness (QED) is 0.114. The van der Waals surface area contributed by atoms with Crippen LogP contribution in [0.3, 0.4) is 0 Å². The summed E-state index contributed by atoms with van der Waals surface area (Å²) >= 11 is 0. The molecular formula is C114H91BN6. The molecule has 0 aliphatic carbocycles. The second-order valence-electron chi connectivity index (χ2n) is 35.5. The number of benzene rings is 17. The first-order valence-electron chi connectivity index (χ1n) is 45.9. The number of para-hydroxylation sites is 5. The van der Waals surface area contributed by atoms with E-state index in [0.717, 1.165) is 173 Å². The highest BCUT2D eigenvalue weighted by Crippen LogP contribution is 2.55. The van der Waals surface area contributed by atoms with Crippen LogP contribution in [0, 0.1) is 0 Å². The molecule has 6 nitrogen and oxygen atoms in total. The average molecular weight is 1560 g/mol. The molecule has 0 amide bonds. The van der Waals surface area contributed by atoms with Crippen LogP contribution in [-0.4, -0.2) is 20.4 Å². The molecule has 0 radical (unpaired) electrons. The summed E-state index contributed by atoms with van der Waals surface area (Å²) in [5, 5.41) is 4.42. The molecular weight excluding hydrogens is 1460 g/mol. The van der Waals surface area contributed by atoms with E-state index < -0.39 is 43.0 Å². The van der Waals surface area contributed by atoms with Crippen molar-refractivity contribution in [3.63, 3.8) is 0 Å². The van der Waals surface area contributed by atoms with Gasteiger partial charge in [0.2, 0.25) is 0 Å². The Morgan fingerprint density at radius 2 is 0.645 bits per heavy atom. The van der Waals surface area contributed by atoms with Crippen molar-refractivity contribution in [2.45, 2.75) is 78.6 Å². The summed E-state index contributed by atoms with van der Waals surface area (Å²) in [5.74, 6) is 0. The Kier molecular flexibility index (Phi) is 15.0. The van der Waals surface area contributed by atoms with Gasteiger partial charge in [-0.25, -0.2) is 0 Å². The molecule has 0 bridgehead atoms. The second-order valence-corrected chi connectivity index (χ2v) is 35.5. The third-order valence-corrected chi connectivity index (χ3v) is 25.0. The van der Waals surface area contributed by atoms with Crippen molar-refractivity contribution in [1.29, 1.82) is 0 Å². The summed E-state index contributed by atoms with van der Waals surface area (Å²) in [4.78, 5) is 7.36. The highest BCUT2D eigenvalue weighted by atomic mass is 15.2. The predicted molar refractivity (Wildman–Crippen MR) is 516 cm³/mol. The van der Waals surface area contributed by atoms with Crippen LogP contribution in [-0.2, 0) is 16.2 Å². The Morgan fingerprint density at radius 3 is 1.13 bits per heavy atom. The van der Waals surface area contributed by atoms with Crippen molar-refractivity contribution in [2.24, 2.45) is 0 Å². The zero-order valence-corrected chi connectivity index (χ0v) is 69.1. The Balaban J connectivity index is 0.930. The molecule has 3 aromatic heterocycles. The van der Waals surface area contributed by atoms with Gasteiger partial charge in [-0.1, -0.05) is 299 Å². The molecule has 17 aromatic carbocycles. The summed E-state index contributed by atoms with van der Waals surface area (Å²) in [6.07, 6.45) is 0. The maximum absolute atomic E-state index is 10.1. The Morgan fingerprint density at radius 1 is 0.256 bits per heavy atom. The predicted octanol–water partition coefficient (Wildman–Crippen LogP) is 29.1. The molecule has 5 heterocycles. The zero-order valence-electron chi connectivity index (χ0n) is 77.1. The summed E-state index contributed by atoms with van der Waals surface area (Å²) in [6.45, 7) is 19.9. The third kappa shape index (κ3) is 12.1. The van der Waals surface area contributed by atoms with Crippen LogP contribution in [0.1, 0.15) is 90.0 Å². The van der Waals surface area contributed by atoms with Crippen molar-refractivity contribution in [3.8, 4) is 61.6 Å². The molecule has 20 aromatic rings. The van der Waals surface area contributed by atoms with Crippen LogP contribution in [0.5, 0.6) is 0 Å². The monoisotopic (exact) mass is 1560 g/mol. The van der Waals surface area contributed by atoms with Crippen LogP contribution in [0.2, 0.25) is 0 Å². The van der Waals surface area contributed by atoms with Gasteiger partial charge in [-0.15, -0.1) is 0 Å². The lowest BCUT2D eigenvalue weighted by atomic mass is 9.33. The van der Waals surface area contributed by atoms with Gasteiger partial charge in [0.1, 0.15) is 0 Å². The summed E-state index contributed by atoms with van der Waals surface area (Å²) in [5.41, 5.74) is 28.4. The Hall–Kier alpha value is -14.4. The molecule has 121 heavy (non-hydrogen) atoms. The zero-order chi connectivity index (χ0) is 88.7. The van der Waals surface area contributed by atoms with E-state index in [2.05, 4.69) is 420 Å². The lowest BCUT2D eigenvalue weighted by molar-refractivity contribution is 0.590. The maximum Gasteiger partial charge on any atom is 0.252 e. The van der Waals surface area contributed by atoms with Crippen LogP contribution >= 0.6 is 0 Å². The minimum atomic E-state index is -0.581. The number of fused-ring (bicyclic) bond motifs is 13. The first kappa shape index (κ1) is 64.7. The Labute approximate surface area is 719 Å². The third-order valence-electron chi connectivity index (χ3n) is 25.0. The molecule has 0 atom stereocenters. The molecule has 7 heteroatoms. The van der Waals surface area contributed by atoms with E-state index >= 15 is 0 Å². The van der Waals surface area contributed by atoms with Gasteiger partial charge < -0.3 is 28.4 Å². The van der Waals surface area contributed by atoms with Crippen LogP contribution in [0.4, 0.5) is 51.2 Å². The fourth-order valence-electron chi connectivity index (χ4n) is 19.1. The second kappa shape index (κ2) is 28.2. The average Bonchev–Trinajstić information content (AvgIpc) is 1.70. The number of hydrogen-bond donors (Lipinski definition) is 0. The lowest BCUT2D eigenvalue weighted by Crippen LogP contribution is -2.61. The molecule has 22 rings (SSSR count). The number of hydrogen-bond acceptors (Lipinski definition) is 3. The number of nitrogens with zero attached hydrogens (tertiary/aromatic N) is 6. The van der Waals surface area contributed by atoms with Crippen molar-refractivity contribution >= 4 is 140 Å². The first-order valence-corrected chi connectivity index (χ1v) is 41.9. The number of anilines is 9. The smallest absolute Gasteiger partial charge is 0.252 e. The van der Waals surface area contributed by atoms with E-state index in [9.17, 15) is 11.0 Å². The van der Waals surface area contributed by atoms with E-state index in [1.807, 2.05) is 6.07 Å². The van der Waals surface area contributed by atoms with Gasteiger partial charge in [-0.05, 0) is 234 Å². The van der Waals surface area contributed by atoms with Gasteiger partial charge >= 0.3 is 0 Å². The van der Waals surface area contributed by atoms with Crippen LogP contribution in [0.15, 0.2) is 388 Å². The number of rotatable bonds is 12. The first-order chi connectivity index (χ1) is 62.2. The van der Waals surface area contributed by atoms with Crippen molar-refractivity contribution in [1.82, 2.24) is 13.7 Å². The molecule has 2 aliphatic rings. The van der Waals surface area contributed by atoms with Crippen molar-refractivity contribution in [3.05, 3.63) is 405 Å². The van der Waals surface area contributed by atoms with Gasteiger partial charge in [0.05, 0.1) is 55.4 Å². The summed E-state index contributed by atoms with van der Waals surface area (Å²) < 4.78 is 83.6. The largest absolute Gasteiger partial charge is 0.311 e. The van der Waals surface area contributed by atoms with Crippen molar-refractivity contribution < 1.29 is 11.0 Å². The molecule has 0 saturated carbocycles. The molecule has 580 valence electrons. The minimum Gasteiger partial charge on any atom is -0.311 e. The highest BCUT2D eigenvalue weighted by Gasteiger charge is 2.46. The fraction of sp³-hybridized carbons (Fsp3) is 0.105. The van der Waals surface area contributed by atoms with Gasteiger partial charge in [-0.2, -0.15) is 0 Å². The fourth-order valence-corrected chi connectivity index (χ4v) is 19.1. The summed E-state index contributed by atoms with van der Waals surface area (Å²) in [6, 6.07) is 120. The maximum atomic E-state index is 10.1. The summed E-state index contributed by atoms with van der Waals surface area (Å²) in [7, 11) is 0. The lowest BCUT2D eigenvalue weighted by Gasteiger charge is -2.45. The molecule has 0 unspecified atom stereocenters. The van der Waals surface area contributed by atoms with Crippen LogP contribution in [0.25, 0.3) is 127 Å². The number of aromatic nitrogens is 3. The van der Waals surface area contributed by atoms with Gasteiger partial charge in [-0.3, -0.25) is 0 Å². The van der Waals surface area contributed by atoms with Crippen LogP contribution < -0.4 is 31.1 Å². The Bertz CT molecular complexity index is 7720. The molecule has 2 aliphatic heterocycles. The van der Waals surface area contributed by atoms with E-state index in [1.165, 1.54) is 11.1 Å². The highest BCUT2D eigenvalue weighted by molar-refractivity contribution is 7.00. The van der Waals surface area contributed by atoms with E-state index in [4.69, 9.17) is 0 Å². The van der Waals surface area contributed by atoms with Crippen molar-refractivity contribution in [2.75, 3.05) is 14.7 Å². The van der Waals surface area contributed by atoms with Gasteiger partial charge in [0.15, 0.2) is 0 Å². The topological polar surface area (TPSA) is 24.5 Å². The van der Waals surface area contributed by atoms with E-state index in [-0.39, 0.29) is 50.1 Å². The minimum absolute atomic E-state index is 0.00277. The van der Waals surface area contributed by atoms with Gasteiger partial charge in [0.25, 0.3) is 6.71 Å². The molecule has 0 N–H and O–H groups in total. The molecule has 0 spiro atoms. The van der Waals surface area contributed by atoms with Gasteiger partial charge in [0, 0.05) is 100 Å². The SMILES string of the molecule is [2H]c1c([2H])c([2H])c2c(c1[2H])c1c([2H])c([2H])c([2H])c([2H])c1n2-c1ccc2c(c1)N(c1c(-c3ccccc3)cc(C(C)(C)C)cc1-c1ccccc1)c1cc(-n3c4ccc(C(C)(C)C)cc4c4cc(C(C)(C)C)ccc43)cc3c1B2c1ccc(-n2c4ccccc4c4cc(N(c5ccccc5)c5ccccc5)ccc42)cc1N3c1cc(-c2ccccc2)cc(-c2ccccc2)c1. The van der Waals surface area contributed by atoms with E-state index in [1.54, 1.807) is 4.57 Å². The molecule has 0 fully saturated rings. The standard InChI is InChI=1S/C114H91BN6/c1-112(2,3)80-52-59-103-95(65-80)96-66-81(113(4,5)6)53-60-104(96)119(103)89-72-108-110-109(73-89)121(111-93(76-38-20-12-21-39-76)67-82(114(7,8)9)68-94(111)77-40-22-13-23-41-77)107-71-87(117-100-49-31-28-46-90(100)91-47-29-32-50-101(91)117)55-58-99(107)115(110)98-57-54-86(70-106(98)120(108)88-63-78(74-34-16-10-17-35-74)62-79(64-88)75-36-18-11-19-37-75)118-102-51-33-30-48-92(102)97-69-85(56-61-105(97)118)116(83-42-24-14-25-43-83)84-44-26-15-27-45-84/h10-73H,1-9H3/i28D,29D,31D,32D,46D,47D,49D,50D.